The van der Waals surface area contributed by atoms with Crippen molar-refractivity contribution in [2.45, 2.75) is 25.0 Å². The number of thioether (sulfide) groups is 1. The number of pyridine rings is 1. The van der Waals surface area contributed by atoms with Gasteiger partial charge in [0.2, 0.25) is 5.91 Å². The predicted octanol–water partition coefficient (Wildman–Crippen LogP) is 2.74. The van der Waals surface area contributed by atoms with Gasteiger partial charge in [-0.3, -0.25) is 9.59 Å². The molecule has 2 heterocycles. The van der Waals surface area contributed by atoms with Crippen LogP contribution in [0.4, 0.5) is 5.82 Å². The summed E-state index contributed by atoms with van der Waals surface area (Å²) in [4.78, 5) is 28.6. The van der Waals surface area contributed by atoms with Crippen LogP contribution in [0.1, 0.15) is 34.7 Å². The normalized spacial score (nSPS) is 11.7. The lowest BCUT2D eigenvalue weighted by molar-refractivity contribution is -0.113. The fourth-order valence-electron chi connectivity index (χ4n) is 2.71. The molecule has 0 aliphatic rings. The molecule has 3 aromatic rings. The Morgan fingerprint density at radius 1 is 1.17 bits per heavy atom. The molecule has 8 nitrogen and oxygen atoms in total. The van der Waals surface area contributed by atoms with Crippen LogP contribution in [-0.4, -0.2) is 37.3 Å². The van der Waals surface area contributed by atoms with Gasteiger partial charge in [-0.15, -0.1) is 10.2 Å². The Kier molecular flexibility index (Phi) is 6.61. The molecule has 0 radical (unpaired) electrons. The largest absolute Gasteiger partial charge is 0.342 e. The fraction of sp³-hybridized carbons (Fsp3) is 0.250. The van der Waals surface area contributed by atoms with E-state index in [0.717, 1.165) is 5.56 Å². The molecule has 2 aromatic heterocycles. The molecule has 0 saturated carbocycles. The van der Waals surface area contributed by atoms with E-state index < -0.39 is 0 Å². The van der Waals surface area contributed by atoms with Gasteiger partial charge in [0.1, 0.15) is 5.82 Å². The van der Waals surface area contributed by atoms with E-state index in [2.05, 4.69) is 25.8 Å². The van der Waals surface area contributed by atoms with Crippen molar-refractivity contribution in [1.29, 1.82) is 0 Å². The number of rotatable bonds is 7. The highest BCUT2D eigenvalue weighted by atomic mass is 32.2. The second kappa shape index (κ2) is 9.33. The minimum absolute atomic E-state index is 0.173. The summed E-state index contributed by atoms with van der Waals surface area (Å²) in [6.07, 6.45) is 1.62. The lowest BCUT2D eigenvalue weighted by atomic mass is 10.1. The SMILES string of the molecule is Cc1cccc(C(=O)N[C@@H](C)c2nnc(SCC(=O)Nc3ccccn3)n2C)c1. The third-order valence-electron chi connectivity index (χ3n) is 4.15. The second-order valence-electron chi connectivity index (χ2n) is 6.52. The van der Waals surface area contributed by atoms with E-state index in [0.29, 0.717) is 22.4 Å². The van der Waals surface area contributed by atoms with E-state index in [1.54, 1.807) is 35.0 Å². The van der Waals surface area contributed by atoms with E-state index in [1.165, 1.54) is 11.8 Å². The number of carbonyl (C=O) groups is 2. The minimum atomic E-state index is -0.336. The van der Waals surface area contributed by atoms with Crippen molar-refractivity contribution in [3.63, 3.8) is 0 Å². The van der Waals surface area contributed by atoms with Crippen molar-refractivity contribution in [2.75, 3.05) is 11.1 Å². The van der Waals surface area contributed by atoms with Gasteiger partial charge in [0, 0.05) is 18.8 Å². The Morgan fingerprint density at radius 3 is 2.72 bits per heavy atom. The quantitative estimate of drug-likeness (QED) is 0.581. The van der Waals surface area contributed by atoms with Gasteiger partial charge in [-0.1, -0.05) is 35.5 Å². The van der Waals surface area contributed by atoms with Crippen LogP contribution in [0.2, 0.25) is 0 Å². The molecule has 0 aliphatic heterocycles. The van der Waals surface area contributed by atoms with Gasteiger partial charge in [-0.2, -0.15) is 0 Å². The maximum atomic E-state index is 12.5. The fourth-order valence-corrected chi connectivity index (χ4v) is 3.42. The van der Waals surface area contributed by atoms with Crippen LogP contribution < -0.4 is 10.6 Å². The summed E-state index contributed by atoms with van der Waals surface area (Å²) in [6, 6.07) is 12.4. The zero-order chi connectivity index (χ0) is 20.8. The highest BCUT2D eigenvalue weighted by Gasteiger charge is 2.19. The highest BCUT2D eigenvalue weighted by Crippen LogP contribution is 2.19. The van der Waals surface area contributed by atoms with Gasteiger partial charge < -0.3 is 15.2 Å². The van der Waals surface area contributed by atoms with Crippen molar-refractivity contribution in [3.05, 3.63) is 65.6 Å². The monoisotopic (exact) mass is 410 g/mol. The summed E-state index contributed by atoms with van der Waals surface area (Å²) in [5.41, 5.74) is 1.62. The lowest BCUT2D eigenvalue weighted by Gasteiger charge is -2.14. The number of benzene rings is 1. The van der Waals surface area contributed by atoms with Crippen molar-refractivity contribution >= 4 is 29.4 Å². The first-order valence-corrected chi connectivity index (χ1v) is 10.0. The van der Waals surface area contributed by atoms with Crippen molar-refractivity contribution < 1.29 is 9.59 Å². The zero-order valence-electron chi connectivity index (χ0n) is 16.4. The molecule has 0 bridgehead atoms. The van der Waals surface area contributed by atoms with Gasteiger partial charge in [0.05, 0.1) is 11.8 Å². The summed E-state index contributed by atoms with van der Waals surface area (Å²) < 4.78 is 1.78. The molecular weight excluding hydrogens is 388 g/mol. The highest BCUT2D eigenvalue weighted by molar-refractivity contribution is 7.99. The maximum Gasteiger partial charge on any atom is 0.251 e. The number of hydrogen-bond acceptors (Lipinski definition) is 6. The molecule has 9 heteroatoms. The number of nitrogens with zero attached hydrogens (tertiary/aromatic N) is 4. The third kappa shape index (κ3) is 5.41. The molecular formula is C20H22N6O2S. The second-order valence-corrected chi connectivity index (χ2v) is 7.46. The first-order chi connectivity index (χ1) is 13.9. The summed E-state index contributed by atoms with van der Waals surface area (Å²) >= 11 is 1.27. The first-order valence-electron chi connectivity index (χ1n) is 9.04. The standard InChI is InChI=1S/C20H22N6O2S/c1-13-7-6-8-15(11-13)19(28)22-14(2)18-24-25-20(26(18)3)29-12-17(27)23-16-9-4-5-10-21-16/h4-11,14H,12H2,1-3H3,(H,22,28)(H,21,23,27)/t14-/m0/s1. The van der Waals surface area contributed by atoms with E-state index in [4.69, 9.17) is 0 Å². The average molecular weight is 411 g/mol. The third-order valence-corrected chi connectivity index (χ3v) is 5.17. The smallest absolute Gasteiger partial charge is 0.251 e. The van der Waals surface area contributed by atoms with Crippen molar-refractivity contribution in [1.82, 2.24) is 25.1 Å². The number of carbonyl (C=O) groups excluding carboxylic acids is 2. The molecule has 3 rings (SSSR count). The van der Waals surface area contributed by atoms with E-state index in [-0.39, 0.29) is 23.6 Å². The van der Waals surface area contributed by atoms with Crippen LogP contribution in [-0.2, 0) is 11.8 Å². The molecule has 2 N–H and O–H groups in total. The summed E-state index contributed by atoms with van der Waals surface area (Å²) in [5, 5.41) is 14.6. The molecule has 1 atom stereocenters. The van der Waals surface area contributed by atoms with Crippen molar-refractivity contribution in [2.24, 2.45) is 7.05 Å². The average Bonchev–Trinajstić information content (AvgIpc) is 3.07. The number of aryl methyl sites for hydroxylation is 1. The molecule has 2 amide bonds. The Labute approximate surface area is 173 Å². The van der Waals surface area contributed by atoms with Crippen LogP contribution in [0.3, 0.4) is 0 Å². The van der Waals surface area contributed by atoms with Gasteiger partial charge in [0.25, 0.3) is 5.91 Å². The molecule has 0 aliphatic carbocycles. The minimum Gasteiger partial charge on any atom is -0.342 e. The summed E-state index contributed by atoms with van der Waals surface area (Å²) in [7, 11) is 1.81. The van der Waals surface area contributed by atoms with Crippen molar-refractivity contribution in [3.8, 4) is 0 Å². The van der Waals surface area contributed by atoms with Gasteiger partial charge in [-0.25, -0.2) is 4.98 Å². The Morgan fingerprint density at radius 2 is 2.00 bits per heavy atom. The number of amides is 2. The maximum absolute atomic E-state index is 12.5. The molecule has 0 fully saturated rings. The molecule has 150 valence electrons. The molecule has 0 saturated heterocycles. The van der Waals surface area contributed by atoms with E-state index in [9.17, 15) is 9.59 Å². The number of hydrogen-bond donors (Lipinski definition) is 2. The van der Waals surface area contributed by atoms with Crippen LogP contribution in [0.5, 0.6) is 0 Å². The molecule has 0 spiro atoms. The van der Waals surface area contributed by atoms with Gasteiger partial charge >= 0.3 is 0 Å². The zero-order valence-corrected chi connectivity index (χ0v) is 17.2. The number of anilines is 1. The van der Waals surface area contributed by atoms with Crippen LogP contribution in [0.15, 0.2) is 53.8 Å². The van der Waals surface area contributed by atoms with E-state index >= 15 is 0 Å². The van der Waals surface area contributed by atoms with Gasteiger partial charge in [0.15, 0.2) is 11.0 Å². The predicted molar refractivity (Wildman–Crippen MR) is 112 cm³/mol. The summed E-state index contributed by atoms with van der Waals surface area (Å²) in [5.74, 6) is 0.933. The Bertz CT molecular complexity index is 1010. The molecule has 1 aromatic carbocycles. The Balaban J connectivity index is 1.58. The molecule has 0 unspecified atom stereocenters. The van der Waals surface area contributed by atoms with E-state index in [1.807, 2.05) is 39.1 Å². The summed E-state index contributed by atoms with van der Waals surface area (Å²) in [6.45, 7) is 3.79. The lowest BCUT2D eigenvalue weighted by Crippen LogP contribution is -2.28. The number of aromatic nitrogens is 4. The first kappa shape index (κ1) is 20.5. The molecule has 29 heavy (non-hydrogen) atoms. The Hall–Kier alpha value is -3.20. The van der Waals surface area contributed by atoms with Crippen LogP contribution in [0, 0.1) is 6.92 Å². The van der Waals surface area contributed by atoms with Crippen LogP contribution in [0.25, 0.3) is 0 Å². The number of nitrogens with one attached hydrogen (secondary N) is 2. The topological polar surface area (TPSA) is 102 Å². The van der Waals surface area contributed by atoms with Crippen LogP contribution >= 0.6 is 11.8 Å². The van der Waals surface area contributed by atoms with Gasteiger partial charge in [-0.05, 0) is 38.1 Å².